The maximum absolute atomic E-state index is 12.0. The van der Waals surface area contributed by atoms with E-state index in [1.54, 1.807) is 19.3 Å². The molecule has 110 valence electrons. The van der Waals surface area contributed by atoms with E-state index in [9.17, 15) is 4.79 Å². The van der Waals surface area contributed by atoms with Crippen molar-refractivity contribution in [2.24, 2.45) is 0 Å². The molecule has 2 rings (SSSR count). The molecule has 1 N–H and O–H groups in total. The molecule has 0 aliphatic rings. The number of hydrogen-bond acceptors (Lipinski definition) is 3. The van der Waals surface area contributed by atoms with Crippen LogP contribution in [0.5, 0.6) is 5.75 Å². The van der Waals surface area contributed by atoms with Crippen molar-refractivity contribution in [2.75, 3.05) is 0 Å². The smallest absolute Gasteiger partial charge is 0.261 e. The molecule has 1 atom stereocenters. The summed E-state index contributed by atoms with van der Waals surface area (Å²) in [6, 6.07) is 9.69. The average molecular weight is 284 g/mol. The minimum Gasteiger partial charge on any atom is -0.481 e. The Morgan fingerprint density at radius 2 is 2.00 bits per heavy atom. The molecule has 4 heteroatoms. The van der Waals surface area contributed by atoms with E-state index in [1.165, 1.54) is 0 Å². The molecule has 1 aromatic heterocycles. The van der Waals surface area contributed by atoms with Gasteiger partial charge in [-0.1, -0.05) is 12.1 Å². The molecule has 0 bridgehead atoms. The number of ether oxygens (including phenoxy) is 1. The number of carbonyl (C=O) groups excluding carboxylic acids is 1. The van der Waals surface area contributed by atoms with Crippen LogP contribution in [0.15, 0.2) is 42.7 Å². The van der Waals surface area contributed by atoms with E-state index in [0.29, 0.717) is 6.54 Å². The first-order valence-corrected chi connectivity index (χ1v) is 6.96. The van der Waals surface area contributed by atoms with Gasteiger partial charge >= 0.3 is 0 Å². The minimum absolute atomic E-state index is 0.141. The molecule has 1 amide bonds. The van der Waals surface area contributed by atoms with Crippen LogP contribution in [0.3, 0.4) is 0 Å². The number of aromatic nitrogens is 1. The Balaban J connectivity index is 1.90. The van der Waals surface area contributed by atoms with Crippen LogP contribution < -0.4 is 10.1 Å². The Morgan fingerprint density at radius 3 is 2.62 bits per heavy atom. The molecule has 0 fully saturated rings. The van der Waals surface area contributed by atoms with Gasteiger partial charge in [-0.2, -0.15) is 0 Å². The first kappa shape index (κ1) is 15.0. The zero-order valence-electron chi connectivity index (χ0n) is 12.6. The number of nitrogens with one attached hydrogen (secondary N) is 1. The summed E-state index contributed by atoms with van der Waals surface area (Å²) in [6.45, 7) is 6.21. The highest BCUT2D eigenvalue weighted by atomic mass is 16.5. The summed E-state index contributed by atoms with van der Waals surface area (Å²) in [7, 11) is 0. The molecule has 0 saturated carbocycles. The summed E-state index contributed by atoms with van der Waals surface area (Å²) in [5.74, 6) is 0.578. The molecule has 1 aromatic carbocycles. The second-order valence-corrected chi connectivity index (χ2v) is 5.16. The average Bonchev–Trinajstić information content (AvgIpc) is 2.44. The number of amides is 1. The first-order chi connectivity index (χ1) is 10.0. The van der Waals surface area contributed by atoms with Crippen molar-refractivity contribution in [1.29, 1.82) is 0 Å². The van der Waals surface area contributed by atoms with Gasteiger partial charge in [0.2, 0.25) is 0 Å². The van der Waals surface area contributed by atoms with E-state index >= 15 is 0 Å². The number of carbonyl (C=O) groups is 1. The van der Waals surface area contributed by atoms with E-state index in [2.05, 4.69) is 16.4 Å². The normalized spacial score (nSPS) is 11.8. The Labute approximate surface area is 125 Å². The lowest BCUT2D eigenvalue weighted by Gasteiger charge is -2.15. The standard InChI is InChI=1S/C17H20N2O2/c1-12-7-13(2)9-16(8-12)21-14(3)17(20)19-11-15-5-4-6-18-10-15/h4-10,14H,11H2,1-3H3,(H,19,20)/t14-/m1/s1. The van der Waals surface area contributed by atoms with Crippen molar-refractivity contribution in [3.05, 3.63) is 59.4 Å². The molecule has 1 heterocycles. The van der Waals surface area contributed by atoms with Crippen LogP contribution in [0.4, 0.5) is 0 Å². The zero-order chi connectivity index (χ0) is 15.2. The largest absolute Gasteiger partial charge is 0.481 e. The van der Waals surface area contributed by atoms with Crippen LogP contribution in [0.2, 0.25) is 0 Å². The highest BCUT2D eigenvalue weighted by Gasteiger charge is 2.14. The second kappa shape index (κ2) is 6.88. The molecule has 2 aromatic rings. The number of aryl methyl sites for hydroxylation is 2. The van der Waals surface area contributed by atoms with Crippen LogP contribution in [0.1, 0.15) is 23.6 Å². The van der Waals surface area contributed by atoms with Gasteiger partial charge in [-0.05, 0) is 55.7 Å². The van der Waals surface area contributed by atoms with Gasteiger partial charge < -0.3 is 10.1 Å². The third-order valence-electron chi connectivity index (χ3n) is 3.07. The van der Waals surface area contributed by atoms with Gasteiger partial charge in [0, 0.05) is 18.9 Å². The van der Waals surface area contributed by atoms with Crippen LogP contribution in [0, 0.1) is 13.8 Å². The van der Waals surface area contributed by atoms with E-state index < -0.39 is 6.10 Å². The van der Waals surface area contributed by atoms with Crippen LogP contribution in [-0.2, 0) is 11.3 Å². The Hall–Kier alpha value is -2.36. The van der Waals surface area contributed by atoms with E-state index in [1.807, 2.05) is 38.1 Å². The summed E-state index contributed by atoms with van der Waals surface area (Å²) < 4.78 is 5.70. The van der Waals surface area contributed by atoms with E-state index in [0.717, 1.165) is 22.4 Å². The fraction of sp³-hybridized carbons (Fsp3) is 0.294. The summed E-state index contributed by atoms with van der Waals surface area (Å²) >= 11 is 0. The van der Waals surface area contributed by atoms with Crippen molar-refractivity contribution in [2.45, 2.75) is 33.4 Å². The fourth-order valence-corrected chi connectivity index (χ4v) is 2.09. The molecular formula is C17H20N2O2. The van der Waals surface area contributed by atoms with Gasteiger partial charge in [0.05, 0.1) is 0 Å². The quantitative estimate of drug-likeness (QED) is 0.918. The molecule has 0 radical (unpaired) electrons. The maximum Gasteiger partial charge on any atom is 0.261 e. The van der Waals surface area contributed by atoms with Gasteiger partial charge in [-0.25, -0.2) is 0 Å². The Kier molecular flexibility index (Phi) is 4.93. The number of rotatable bonds is 5. The van der Waals surface area contributed by atoms with Crippen molar-refractivity contribution in [3.8, 4) is 5.75 Å². The SMILES string of the molecule is Cc1cc(C)cc(O[C@H](C)C(=O)NCc2cccnc2)c1. The van der Waals surface area contributed by atoms with Gasteiger partial charge in [0.15, 0.2) is 6.10 Å². The van der Waals surface area contributed by atoms with Crippen LogP contribution in [0.25, 0.3) is 0 Å². The molecule has 4 nitrogen and oxygen atoms in total. The van der Waals surface area contributed by atoms with Gasteiger partial charge in [0.1, 0.15) is 5.75 Å². The molecule has 0 unspecified atom stereocenters. The predicted octanol–water partition coefficient (Wildman–Crippen LogP) is 2.78. The predicted molar refractivity (Wildman–Crippen MR) is 82.1 cm³/mol. The summed E-state index contributed by atoms with van der Waals surface area (Å²) in [5, 5.41) is 2.84. The maximum atomic E-state index is 12.0. The van der Waals surface area contributed by atoms with Crippen molar-refractivity contribution < 1.29 is 9.53 Å². The highest BCUT2D eigenvalue weighted by molar-refractivity contribution is 5.80. The van der Waals surface area contributed by atoms with Gasteiger partial charge in [0.25, 0.3) is 5.91 Å². The lowest BCUT2D eigenvalue weighted by atomic mass is 10.1. The molecule has 0 spiro atoms. The van der Waals surface area contributed by atoms with Crippen LogP contribution in [-0.4, -0.2) is 17.0 Å². The molecule has 21 heavy (non-hydrogen) atoms. The Morgan fingerprint density at radius 1 is 1.29 bits per heavy atom. The first-order valence-electron chi connectivity index (χ1n) is 6.96. The monoisotopic (exact) mass is 284 g/mol. The van der Waals surface area contributed by atoms with Crippen molar-refractivity contribution >= 4 is 5.91 Å². The molecular weight excluding hydrogens is 264 g/mol. The molecule has 0 aliphatic heterocycles. The number of pyridine rings is 1. The van der Waals surface area contributed by atoms with Gasteiger partial charge in [-0.15, -0.1) is 0 Å². The fourth-order valence-electron chi connectivity index (χ4n) is 2.09. The summed E-state index contributed by atoms with van der Waals surface area (Å²) in [5.41, 5.74) is 3.20. The molecule has 0 aliphatic carbocycles. The Bertz CT molecular complexity index is 591. The second-order valence-electron chi connectivity index (χ2n) is 5.16. The highest BCUT2D eigenvalue weighted by Crippen LogP contribution is 2.17. The van der Waals surface area contributed by atoms with E-state index in [4.69, 9.17) is 4.74 Å². The lowest BCUT2D eigenvalue weighted by Crippen LogP contribution is -2.35. The topological polar surface area (TPSA) is 51.2 Å². The number of benzene rings is 1. The third kappa shape index (κ3) is 4.60. The number of nitrogens with zero attached hydrogens (tertiary/aromatic N) is 1. The summed E-state index contributed by atoms with van der Waals surface area (Å²) in [4.78, 5) is 16.0. The van der Waals surface area contributed by atoms with Gasteiger partial charge in [-0.3, -0.25) is 9.78 Å². The molecule has 0 saturated heterocycles. The van der Waals surface area contributed by atoms with E-state index in [-0.39, 0.29) is 5.91 Å². The van der Waals surface area contributed by atoms with Crippen LogP contribution >= 0.6 is 0 Å². The van der Waals surface area contributed by atoms with Crippen molar-refractivity contribution in [1.82, 2.24) is 10.3 Å². The van der Waals surface area contributed by atoms with Crippen molar-refractivity contribution in [3.63, 3.8) is 0 Å². The third-order valence-corrected chi connectivity index (χ3v) is 3.07. The zero-order valence-corrected chi connectivity index (χ0v) is 12.6. The lowest BCUT2D eigenvalue weighted by molar-refractivity contribution is -0.127. The number of hydrogen-bond donors (Lipinski definition) is 1. The summed E-state index contributed by atoms with van der Waals surface area (Å²) in [6.07, 6.45) is 2.90. The minimum atomic E-state index is -0.539.